The maximum atomic E-state index is 8.36. The van der Waals surface area contributed by atoms with E-state index in [1.54, 1.807) is 0 Å². The molecular weight excluding hydrogens is 343 g/mol. The van der Waals surface area contributed by atoms with Crippen molar-refractivity contribution in [2.75, 3.05) is 0 Å². The van der Waals surface area contributed by atoms with Crippen LogP contribution in [0, 0.1) is 70.3 Å². The van der Waals surface area contributed by atoms with Crippen molar-refractivity contribution in [2.45, 2.75) is 0 Å². The molecule has 0 unspecified atom stereocenters. The summed E-state index contributed by atoms with van der Waals surface area (Å²) in [6.45, 7) is 0. The van der Waals surface area contributed by atoms with Crippen LogP contribution in [0.3, 0.4) is 0 Å². The van der Waals surface area contributed by atoms with E-state index in [2.05, 4.69) is 0 Å². The molecule has 0 radical (unpaired) electrons. The topological polar surface area (TPSA) is 190 Å². The monoisotopic (exact) mass is 347 g/mol. The summed E-state index contributed by atoms with van der Waals surface area (Å²) < 4.78 is 0. The van der Waals surface area contributed by atoms with Crippen LogP contribution >= 0.6 is 0 Å². The van der Waals surface area contributed by atoms with Gasteiger partial charge in [-0.2, -0.15) is 0 Å². The number of nitrogens with zero attached hydrogens (tertiary/aromatic N) is 3. The van der Waals surface area contributed by atoms with Gasteiger partial charge in [-0.15, -0.1) is 30.3 Å². The molecule has 0 saturated heterocycles. The van der Waals surface area contributed by atoms with Gasteiger partial charge in [-0.25, -0.2) is 0 Å². The van der Waals surface area contributed by atoms with Gasteiger partial charge in [0.05, 0.1) is 0 Å². The summed E-state index contributed by atoms with van der Waals surface area (Å²) in [7, 11) is 0. The van der Waals surface area contributed by atoms with E-state index in [1.807, 2.05) is 0 Å². The standard InChI is InChI=1S/Gd.3HNO3/c;3*2-1(3)4/h;3*(H,2,3,4). The molecule has 0 aliphatic carbocycles. The summed E-state index contributed by atoms with van der Waals surface area (Å²) in [4.78, 5) is 25.1. The summed E-state index contributed by atoms with van der Waals surface area (Å²) in [6, 6.07) is 0. The van der Waals surface area contributed by atoms with Gasteiger partial charge in [0.15, 0.2) is 0 Å². The molecule has 0 atom stereocenters. The van der Waals surface area contributed by atoms with Gasteiger partial charge in [-0.05, 0) is 0 Å². The Balaban J connectivity index is -0.0000000450. The average Bonchev–Trinajstić information content (AvgIpc) is 1.54. The molecule has 13 heavy (non-hydrogen) atoms. The second-order valence-corrected chi connectivity index (χ2v) is 0.714. The second-order valence-electron chi connectivity index (χ2n) is 0.714. The summed E-state index contributed by atoms with van der Waals surface area (Å²) in [6.07, 6.45) is 0. The molecule has 80 valence electrons. The Morgan fingerprint density at radius 3 is 0.692 bits per heavy atom. The first-order valence-electron chi connectivity index (χ1n) is 1.70. The third-order valence-corrected chi connectivity index (χ3v) is 0. The Kier molecular flexibility index (Phi) is 29.9. The predicted octanol–water partition coefficient (Wildman–Crippen LogP) is -1.04. The van der Waals surface area contributed by atoms with Crippen LogP contribution in [-0.4, -0.2) is 30.9 Å². The SMILES string of the molecule is O=[N+]([O-])O.O=[N+]([O-])O.O=[N+]([O-])O.[Gd]. The smallest absolute Gasteiger partial charge is 0.291 e. The van der Waals surface area contributed by atoms with Crippen LogP contribution in [0.15, 0.2) is 0 Å². The summed E-state index contributed by atoms with van der Waals surface area (Å²) in [5, 5.41) is 40.9. The fourth-order valence-corrected chi connectivity index (χ4v) is 0. The van der Waals surface area contributed by atoms with Crippen molar-refractivity contribution >= 4 is 0 Å². The molecular formula is H3GdN3O9. The molecule has 0 bridgehead atoms. The minimum absolute atomic E-state index is 0. The van der Waals surface area contributed by atoms with E-state index in [1.165, 1.54) is 0 Å². The van der Waals surface area contributed by atoms with E-state index >= 15 is 0 Å². The van der Waals surface area contributed by atoms with Gasteiger partial charge in [0.2, 0.25) is 0 Å². The number of hydrogen-bond donors (Lipinski definition) is 3. The minimum Gasteiger partial charge on any atom is -0.328 e. The van der Waals surface area contributed by atoms with Crippen LogP contribution in [0.1, 0.15) is 0 Å². The zero-order valence-corrected chi connectivity index (χ0v) is 7.75. The third kappa shape index (κ3) is 753. The maximum absolute atomic E-state index is 8.36. The predicted molar refractivity (Wildman–Crippen MR) is 26.3 cm³/mol. The van der Waals surface area contributed by atoms with Gasteiger partial charge in [0.1, 0.15) is 0 Å². The first-order valence-corrected chi connectivity index (χ1v) is 1.70. The van der Waals surface area contributed by atoms with Gasteiger partial charge in [0.25, 0.3) is 15.3 Å². The molecule has 0 aromatic heterocycles. The van der Waals surface area contributed by atoms with Crippen LogP contribution in [0.4, 0.5) is 0 Å². The van der Waals surface area contributed by atoms with Crippen molar-refractivity contribution in [1.29, 1.82) is 0 Å². The Hall–Kier alpha value is -1.08. The van der Waals surface area contributed by atoms with E-state index in [9.17, 15) is 0 Å². The van der Waals surface area contributed by atoms with E-state index in [-0.39, 0.29) is 39.9 Å². The van der Waals surface area contributed by atoms with Crippen LogP contribution in [0.25, 0.3) is 0 Å². The van der Waals surface area contributed by atoms with Crippen molar-refractivity contribution in [2.24, 2.45) is 0 Å². The van der Waals surface area contributed by atoms with Crippen LogP contribution in [0.5, 0.6) is 0 Å². The van der Waals surface area contributed by atoms with Crippen molar-refractivity contribution in [1.82, 2.24) is 0 Å². The molecule has 12 nitrogen and oxygen atoms in total. The molecule has 3 N–H and O–H groups in total. The molecule has 0 saturated carbocycles. The zero-order chi connectivity index (χ0) is 10.7. The normalized spacial score (nSPS) is 5.54. The molecule has 0 amide bonds. The van der Waals surface area contributed by atoms with Crippen LogP contribution in [-0.2, 0) is 0 Å². The van der Waals surface area contributed by atoms with E-state index in [0.29, 0.717) is 0 Å². The van der Waals surface area contributed by atoms with E-state index < -0.39 is 15.3 Å². The maximum Gasteiger partial charge on any atom is 0.291 e. The molecule has 0 rings (SSSR count). The van der Waals surface area contributed by atoms with Gasteiger partial charge in [-0.1, -0.05) is 0 Å². The van der Waals surface area contributed by atoms with Gasteiger partial charge < -0.3 is 15.6 Å². The Bertz CT molecular complexity index is 112. The molecule has 0 heterocycles. The van der Waals surface area contributed by atoms with E-state index in [4.69, 9.17) is 46.0 Å². The van der Waals surface area contributed by atoms with Crippen molar-refractivity contribution < 1.29 is 70.8 Å². The molecule has 0 fully saturated rings. The molecule has 13 heteroatoms. The average molecular weight is 346 g/mol. The Morgan fingerprint density at radius 2 is 0.692 bits per heavy atom. The fraction of sp³-hybridized carbons (Fsp3) is 0. The Labute approximate surface area is 101 Å². The zero-order valence-electron chi connectivity index (χ0n) is 5.49. The number of rotatable bonds is 0. The first kappa shape index (κ1) is 22.7. The first-order chi connectivity index (χ1) is 5.20. The summed E-state index contributed by atoms with van der Waals surface area (Å²) in [5.41, 5.74) is 0. The van der Waals surface area contributed by atoms with Crippen molar-refractivity contribution in [3.8, 4) is 0 Å². The van der Waals surface area contributed by atoms with Crippen molar-refractivity contribution in [3.63, 3.8) is 0 Å². The Morgan fingerprint density at radius 1 is 0.692 bits per heavy atom. The van der Waals surface area contributed by atoms with E-state index in [0.717, 1.165) is 0 Å². The van der Waals surface area contributed by atoms with Gasteiger partial charge in [-0.3, -0.25) is 0 Å². The van der Waals surface area contributed by atoms with Crippen LogP contribution < -0.4 is 0 Å². The number of hydrogen-bond acceptors (Lipinski definition) is 6. The summed E-state index contributed by atoms with van der Waals surface area (Å²) >= 11 is 0. The summed E-state index contributed by atoms with van der Waals surface area (Å²) in [5.74, 6) is 0. The van der Waals surface area contributed by atoms with Gasteiger partial charge >= 0.3 is 0 Å². The minimum atomic E-state index is -1.50. The van der Waals surface area contributed by atoms with Crippen LogP contribution in [0.2, 0.25) is 0 Å². The molecule has 0 aliphatic heterocycles. The second kappa shape index (κ2) is 17.1. The van der Waals surface area contributed by atoms with Crippen molar-refractivity contribution in [3.05, 3.63) is 30.3 Å². The van der Waals surface area contributed by atoms with Gasteiger partial charge in [0, 0.05) is 39.9 Å². The fourth-order valence-electron chi connectivity index (χ4n) is 0. The molecule has 0 aromatic rings. The molecule has 0 aliphatic rings. The molecule has 0 spiro atoms. The third-order valence-electron chi connectivity index (χ3n) is 0. The molecule has 0 aromatic carbocycles. The quantitative estimate of drug-likeness (QED) is 0.363. The largest absolute Gasteiger partial charge is 0.328 e.